The molecule has 0 N–H and O–H groups in total. The zero-order chi connectivity index (χ0) is 67.6. The monoisotopic (exact) mass is 1340 g/mol. The molecule has 0 fully saturated rings. The Morgan fingerprint density at radius 3 is 1.02 bits per heavy atom. The van der Waals surface area contributed by atoms with Gasteiger partial charge < -0.3 is 31.5 Å². The summed E-state index contributed by atoms with van der Waals surface area (Å²) >= 11 is 1.86. The number of nitrogens with zero attached hydrogens (tertiary/aromatic N) is 4. The van der Waals surface area contributed by atoms with Crippen molar-refractivity contribution in [3.05, 3.63) is 328 Å². The first-order valence-corrected chi connectivity index (χ1v) is 36.3. The minimum atomic E-state index is 0.815. The summed E-state index contributed by atoms with van der Waals surface area (Å²) < 4.78 is 33.4. The molecule has 0 bridgehead atoms. The van der Waals surface area contributed by atoms with Crippen LogP contribution >= 0.6 is 11.3 Å². The van der Waals surface area contributed by atoms with Gasteiger partial charge in [-0.3, -0.25) is 0 Å². The van der Waals surface area contributed by atoms with E-state index in [0.29, 0.717) is 0 Å². The van der Waals surface area contributed by atoms with Crippen molar-refractivity contribution in [1.82, 2.24) is 18.3 Å². The third-order valence-electron chi connectivity index (χ3n) is 22.4. The largest absolute Gasteiger partial charge is 0.455 e. The summed E-state index contributed by atoms with van der Waals surface area (Å²) in [6.45, 7) is 0. The van der Waals surface area contributed by atoms with Crippen molar-refractivity contribution in [2.75, 3.05) is 0 Å². The van der Waals surface area contributed by atoms with Crippen LogP contribution < -0.4 is 0 Å². The standard InChI is InChI=1S/C96H54N4O3S/c1-8-31-80-64(18-1)65-19-2-9-32-81(65)97(80)58-40-45-89-76(52-58)71-28-15-25-61(93(71)101-89)55-38-43-86-74(48-55)68-22-5-12-35-84(68)99(86)60-42-47-91-78(54-60)79-50-57(63-27-17-30-73-70-24-7-14-37-92(70)104-96(63)73)51-88(95(79)103-91)100-85-36-13-6-23-69(85)75-49-56(39-44-87(75)100)62-26-16-29-72-77-53-59(41-46-90(77)102-94(62)72)98-82-33-10-3-20-66(82)67-21-4-11-34-83(67)98/h1-54H. The number of benzene rings is 16. The maximum atomic E-state index is 7.35. The number of para-hydroxylation sites is 8. The van der Waals surface area contributed by atoms with Crippen molar-refractivity contribution in [3.8, 4) is 56.1 Å². The van der Waals surface area contributed by atoms with Crippen molar-refractivity contribution in [1.29, 1.82) is 0 Å². The average Bonchev–Trinajstić information content (AvgIpc) is 1.55. The lowest BCUT2D eigenvalue weighted by atomic mass is 9.99. The van der Waals surface area contributed by atoms with Crippen LogP contribution in [0.1, 0.15) is 0 Å². The molecule has 8 heterocycles. The minimum absolute atomic E-state index is 0.815. The molecule has 24 rings (SSSR count). The van der Waals surface area contributed by atoms with Gasteiger partial charge in [0.2, 0.25) is 0 Å². The first-order valence-electron chi connectivity index (χ1n) is 35.4. The van der Waals surface area contributed by atoms with Gasteiger partial charge in [-0.1, -0.05) is 194 Å². The minimum Gasteiger partial charge on any atom is -0.455 e. The van der Waals surface area contributed by atoms with Gasteiger partial charge >= 0.3 is 0 Å². The summed E-state index contributed by atoms with van der Waals surface area (Å²) in [5, 5.41) is 18.5. The fourth-order valence-electron chi connectivity index (χ4n) is 17.8. The zero-order valence-electron chi connectivity index (χ0n) is 55.6. The van der Waals surface area contributed by atoms with E-state index in [1.165, 1.54) is 74.7 Å². The first kappa shape index (κ1) is 56.1. The van der Waals surface area contributed by atoms with E-state index in [0.717, 1.165) is 155 Å². The number of hydrogen-bond acceptors (Lipinski definition) is 4. The van der Waals surface area contributed by atoms with Crippen LogP contribution in [-0.2, 0) is 0 Å². The predicted octanol–water partition coefficient (Wildman–Crippen LogP) is 27.1. The zero-order valence-corrected chi connectivity index (χ0v) is 56.4. The highest BCUT2D eigenvalue weighted by molar-refractivity contribution is 7.26. The molecule has 104 heavy (non-hydrogen) atoms. The average molecular weight is 1340 g/mol. The lowest BCUT2D eigenvalue weighted by Crippen LogP contribution is -1.96. The van der Waals surface area contributed by atoms with Gasteiger partial charge in [0, 0.05) is 124 Å². The Morgan fingerprint density at radius 2 is 0.548 bits per heavy atom. The van der Waals surface area contributed by atoms with Crippen LogP contribution in [0.5, 0.6) is 0 Å². The molecule has 16 aromatic carbocycles. The molecule has 0 amide bonds. The summed E-state index contributed by atoms with van der Waals surface area (Å²) in [6.07, 6.45) is 0. The van der Waals surface area contributed by atoms with Crippen molar-refractivity contribution in [3.63, 3.8) is 0 Å². The number of thiophene rings is 1. The van der Waals surface area contributed by atoms with Crippen LogP contribution in [0, 0.1) is 0 Å². The second kappa shape index (κ2) is 21.0. The second-order valence-electron chi connectivity index (χ2n) is 27.8. The molecule has 8 aromatic heterocycles. The highest BCUT2D eigenvalue weighted by Crippen LogP contribution is 2.49. The maximum absolute atomic E-state index is 7.35. The van der Waals surface area contributed by atoms with E-state index < -0.39 is 0 Å². The Kier molecular flexibility index (Phi) is 11.3. The molecular weight excluding hydrogens is 1290 g/mol. The fourth-order valence-corrected chi connectivity index (χ4v) is 19.0. The molecule has 0 spiro atoms. The molecule has 482 valence electrons. The van der Waals surface area contributed by atoms with Crippen molar-refractivity contribution in [2.45, 2.75) is 0 Å². The maximum Gasteiger partial charge on any atom is 0.159 e. The second-order valence-corrected chi connectivity index (χ2v) is 28.8. The molecule has 0 aliphatic carbocycles. The Balaban J connectivity index is 0.664. The summed E-state index contributed by atoms with van der Waals surface area (Å²) in [7, 11) is 0. The van der Waals surface area contributed by atoms with Crippen LogP contribution in [0.15, 0.2) is 341 Å². The van der Waals surface area contributed by atoms with Crippen molar-refractivity contribution < 1.29 is 13.3 Å². The molecule has 8 heteroatoms. The normalized spacial score (nSPS) is 12.4. The van der Waals surface area contributed by atoms with Gasteiger partial charge in [0.15, 0.2) is 5.58 Å². The molecule has 24 aromatic rings. The van der Waals surface area contributed by atoms with Gasteiger partial charge in [-0.25, -0.2) is 0 Å². The van der Waals surface area contributed by atoms with E-state index in [-0.39, 0.29) is 0 Å². The molecule has 0 unspecified atom stereocenters. The summed E-state index contributed by atoms with van der Waals surface area (Å²) in [4.78, 5) is 0. The number of fused-ring (bicyclic) bond motifs is 24. The highest BCUT2D eigenvalue weighted by atomic mass is 32.1. The van der Waals surface area contributed by atoms with Crippen LogP contribution in [0.4, 0.5) is 0 Å². The lowest BCUT2D eigenvalue weighted by molar-refractivity contribution is 0.666. The van der Waals surface area contributed by atoms with E-state index in [4.69, 9.17) is 13.3 Å². The molecule has 0 radical (unpaired) electrons. The highest BCUT2D eigenvalue weighted by Gasteiger charge is 2.26. The van der Waals surface area contributed by atoms with E-state index in [2.05, 4.69) is 346 Å². The Hall–Kier alpha value is -13.7. The van der Waals surface area contributed by atoms with Gasteiger partial charge in [-0.15, -0.1) is 11.3 Å². The van der Waals surface area contributed by atoms with Crippen LogP contribution in [0.3, 0.4) is 0 Å². The van der Waals surface area contributed by atoms with Crippen LogP contribution in [-0.4, -0.2) is 18.3 Å². The molecule has 0 aliphatic heterocycles. The molecule has 0 aliphatic rings. The Labute approximate surface area is 595 Å². The first-order chi connectivity index (χ1) is 51.6. The van der Waals surface area contributed by atoms with Crippen LogP contribution in [0.25, 0.3) is 229 Å². The number of rotatable bonds is 7. The number of aromatic nitrogens is 4. The molecular formula is C96H54N4O3S. The van der Waals surface area contributed by atoms with Gasteiger partial charge in [0.25, 0.3) is 0 Å². The molecule has 0 saturated heterocycles. The van der Waals surface area contributed by atoms with Gasteiger partial charge in [-0.05, 0) is 156 Å². The third kappa shape index (κ3) is 7.78. The smallest absolute Gasteiger partial charge is 0.159 e. The van der Waals surface area contributed by atoms with Crippen molar-refractivity contribution in [2.24, 2.45) is 0 Å². The molecule has 7 nitrogen and oxygen atoms in total. The third-order valence-corrected chi connectivity index (χ3v) is 23.6. The van der Waals surface area contributed by atoms with E-state index in [1.54, 1.807) is 0 Å². The Bertz CT molecular complexity index is 7780. The number of hydrogen-bond donors (Lipinski definition) is 0. The Morgan fingerprint density at radius 1 is 0.202 bits per heavy atom. The summed E-state index contributed by atoms with van der Waals surface area (Å²) in [5.74, 6) is 0. The summed E-state index contributed by atoms with van der Waals surface area (Å²) in [6, 6.07) is 120. The quantitative estimate of drug-likeness (QED) is 0.160. The van der Waals surface area contributed by atoms with Crippen molar-refractivity contribution >= 4 is 185 Å². The predicted molar refractivity (Wildman–Crippen MR) is 435 cm³/mol. The molecule has 0 saturated carbocycles. The topological polar surface area (TPSA) is 59.1 Å². The van der Waals surface area contributed by atoms with Gasteiger partial charge in [0.1, 0.15) is 27.9 Å². The van der Waals surface area contributed by atoms with E-state index >= 15 is 0 Å². The van der Waals surface area contributed by atoms with E-state index in [9.17, 15) is 0 Å². The number of furan rings is 3. The summed E-state index contributed by atoms with van der Waals surface area (Å²) in [5.41, 5.74) is 25.0. The van der Waals surface area contributed by atoms with E-state index in [1.807, 2.05) is 11.3 Å². The lowest BCUT2D eigenvalue weighted by Gasteiger charge is -2.13. The van der Waals surface area contributed by atoms with Gasteiger partial charge in [0.05, 0.1) is 49.8 Å². The van der Waals surface area contributed by atoms with Crippen LogP contribution in [0.2, 0.25) is 0 Å². The molecule has 0 atom stereocenters. The SMILES string of the molecule is c1ccc2c(c1)sc1c(-c3cc(-n4c5ccccc5c5cc(-c6cccc7c6oc6ccc(-n8c9ccccc9c9ccccc98)cc67)ccc54)c4oc5ccc(-n6c7ccccc7c7cc(-c8cccc9c8oc8ccc(-n%10c%11ccccc%11c%11ccccc%11%10)cc89)ccc76)cc5c4c3)cccc12. The fraction of sp³-hybridized carbons (Fsp3) is 0. The van der Waals surface area contributed by atoms with Gasteiger partial charge in [-0.2, -0.15) is 0 Å².